The quantitative estimate of drug-likeness (QED) is 0.638. The minimum absolute atomic E-state index is 0.0298. The molecule has 7 heteroatoms. The molecule has 1 aromatic carbocycles. The molecule has 6 nitrogen and oxygen atoms in total. The molecule has 0 saturated carbocycles. The highest BCUT2D eigenvalue weighted by molar-refractivity contribution is 7.88. The van der Waals surface area contributed by atoms with Gasteiger partial charge >= 0.3 is 0 Å². The van der Waals surface area contributed by atoms with Gasteiger partial charge in [-0.15, -0.1) is 0 Å². The molecule has 2 aliphatic heterocycles. The predicted octanol–water partition coefficient (Wildman–Crippen LogP) is 2.92. The maximum Gasteiger partial charge on any atom is 0.223 e. The Labute approximate surface area is 182 Å². The molecule has 1 amide bonds. The average Bonchev–Trinajstić information content (AvgIpc) is 3.00. The number of amides is 1. The number of carbonyl (C=O) groups is 1. The van der Waals surface area contributed by atoms with Crippen LogP contribution < -0.4 is 5.32 Å². The largest absolute Gasteiger partial charge is 0.356 e. The first-order chi connectivity index (χ1) is 14.4. The molecule has 0 atom stereocenters. The normalized spacial score (nSPS) is 20.0. The summed E-state index contributed by atoms with van der Waals surface area (Å²) in [4.78, 5) is 15.0. The Morgan fingerprint density at radius 3 is 2.43 bits per heavy atom. The number of aryl methyl sites for hydroxylation is 1. The number of sulfonamides is 1. The fourth-order valence-corrected chi connectivity index (χ4v) is 6.07. The Bertz CT molecular complexity index is 781. The molecule has 168 valence electrons. The zero-order chi connectivity index (χ0) is 21.4. The van der Waals surface area contributed by atoms with Gasteiger partial charge in [0.25, 0.3) is 0 Å². The molecule has 0 bridgehead atoms. The highest BCUT2D eigenvalue weighted by Crippen LogP contribution is 2.22. The van der Waals surface area contributed by atoms with E-state index in [2.05, 4.69) is 10.2 Å². The third kappa shape index (κ3) is 7.06. The van der Waals surface area contributed by atoms with Gasteiger partial charge in [-0.3, -0.25) is 4.79 Å². The smallest absolute Gasteiger partial charge is 0.223 e. The highest BCUT2D eigenvalue weighted by atomic mass is 32.2. The third-order valence-electron chi connectivity index (χ3n) is 6.30. The third-order valence-corrected chi connectivity index (χ3v) is 8.15. The molecule has 2 heterocycles. The van der Waals surface area contributed by atoms with Crippen LogP contribution >= 0.6 is 0 Å². The van der Waals surface area contributed by atoms with Crippen molar-refractivity contribution < 1.29 is 13.2 Å². The summed E-state index contributed by atoms with van der Waals surface area (Å²) in [5, 5.41) is 3.07. The minimum Gasteiger partial charge on any atom is -0.356 e. The molecule has 0 unspecified atom stereocenters. The molecular formula is C23H37N3O3S. The van der Waals surface area contributed by atoms with Gasteiger partial charge in [0, 0.05) is 25.6 Å². The van der Waals surface area contributed by atoms with Crippen molar-refractivity contribution in [1.82, 2.24) is 14.5 Å². The Hall–Kier alpha value is -1.44. The van der Waals surface area contributed by atoms with E-state index in [0.29, 0.717) is 32.5 Å². The Morgan fingerprint density at radius 1 is 1.07 bits per heavy atom. The van der Waals surface area contributed by atoms with Crippen LogP contribution in [-0.2, 0) is 20.6 Å². The fourth-order valence-electron chi connectivity index (χ4n) is 4.52. The number of likely N-dealkylation sites (tertiary alicyclic amines) is 1. The lowest BCUT2D eigenvalue weighted by Gasteiger charge is -2.30. The van der Waals surface area contributed by atoms with Crippen LogP contribution in [0.15, 0.2) is 24.3 Å². The molecule has 2 aliphatic rings. The first-order valence-corrected chi connectivity index (χ1v) is 13.1. The van der Waals surface area contributed by atoms with Crippen LogP contribution in [0.2, 0.25) is 0 Å². The zero-order valence-corrected chi connectivity index (χ0v) is 19.1. The van der Waals surface area contributed by atoms with Crippen LogP contribution in [0.3, 0.4) is 0 Å². The predicted molar refractivity (Wildman–Crippen MR) is 121 cm³/mol. The minimum atomic E-state index is -3.34. The van der Waals surface area contributed by atoms with Gasteiger partial charge in [0.1, 0.15) is 0 Å². The van der Waals surface area contributed by atoms with Gasteiger partial charge in [-0.25, -0.2) is 12.7 Å². The summed E-state index contributed by atoms with van der Waals surface area (Å²) in [6, 6.07) is 7.64. The lowest BCUT2D eigenvalue weighted by molar-refractivity contribution is -0.126. The van der Waals surface area contributed by atoms with E-state index in [1.165, 1.54) is 38.8 Å². The first kappa shape index (κ1) is 23.2. The second-order valence-electron chi connectivity index (χ2n) is 8.82. The summed E-state index contributed by atoms with van der Waals surface area (Å²) < 4.78 is 27.1. The van der Waals surface area contributed by atoms with Crippen molar-refractivity contribution in [3.8, 4) is 0 Å². The molecule has 0 spiro atoms. The van der Waals surface area contributed by atoms with Crippen molar-refractivity contribution in [3.63, 3.8) is 0 Å². The number of piperidine rings is 1. The van der Waals surface area contributed by atoms with Crippen molar-refractivity contribution in [3.05, 3.63) is 35.4 Å². The molecule has 0 aromatic heterocycles. The summed E-state index contributed by atoms with van der Waals surface area (Å²) in [6.07, 6.45) is 7.44. The summed E-state index contributed by atoms with van der Waals surface area (Å²) in [6.45, 7) is 6.96. The lowest BCUT2D eigenvalue weighted by atomic mass is 9.97. The van der Waals surface area contributed by atoms with Crippen LogP contribution in [0.4, 0.5) is 0 Å². The number of hydrogen-bond donors (Lipinski definition) is 1. The van der Waals surface area contributed by atoms with E-state index in [4.69, 9.17) is 0 Å². The van der Waals surface area contributed by atoms with Gasteiger partial charge < -0.3 is 10.2 Å². The molecule has 3 rings (SSSR count). The SMILES string of the molecule is Cc1cccc(CS(=O)(=O)N2CCC(C(=O)NCCCN3CCCCCC3)CC2)c1. The molecular weight excluding hydrogens is 398 g/mol. The van der Waals surface area contributed by atoms with E-state index >= 15 is 0 Å². The van der Waals surface area contributed by atoms with E-state index in [1.807, 2.05) is 31.2 Å². The van der Waals surface area contributed by atoms with Crippen molar-refractivity contribution in [2.24, 2.45) is 5.92 Å². The second kappa shape index (κ2) is 11.3. The Balaban J connectivity index is 1.37. The summed E-state index contributed by atoms with van der Waals surface area (Å²) in [5.74, 6) is 0.0393. The summed E-state index contributed by atoms with van der Waals surface area (Å²) >= 11 is 0. The molecule has 30 heavy (non-hydrogen) atoms. The molecule has 2 saturated heterocycles. The van der Waals surface area contributed by atoms with Crippen LogP contribution in [0.1, 0.15) is 56.1 Å². The molecule has 1 N–H and O–H groups in total. The van der Waals surface area contributed by atoms with Crippen molar-refractivity contribution in [2.45, 2.75) is 57.6 Å². The number of nitrogens with one attached hydrogen (secondary N) is 1. The van der Waals surface area contributed by atoms with Gasteiger partial charge in [-0.1, -0.05) is 42.7 Å². The zero-order valence-electron chi connectivity index (χ0n) is 18.3. The number of nitrogens with zero attached hydrogens (tertiary/aromatic N) is 2. The van der Waals surface area contributed by atoms with E-state index in [0.717, 1.165) is 24.1 Å². The van der Waals surface area contributed by atoms with Gasteiger partial charge in [-0.05, 0) is 64.2 Å². The van der Waals surface area contributed by atoms with E-state index < -0.39 is 10.0 Å². The van der Waals surface area contributed by atoms with E-state index in [-0.39, 0.29) is 17.6 Å². The standard InChI is InChI=1S/C23H37N3O3S/c1-20-8-6-9-21(18-20)19-30(28,29)26-16-10-22(11-17-26)23(27)24-12-7-15-25-13-4-2-3-5-14-25/h6,8-9,18,22H,2-5,7,10-17,19H2,1H3,(H,24,27). The van der Waals surface area contributed by atoms with E-state index in [1.54, 1.807) is 4.31 Å². The van der Waals surface area contributed by atoms with Crippen LogP contribution in [0.25, 0.3) is 0 Å². The highest BCUT2D eigenvalue weighted by Gasteiger charge is 2.31. The van der Waals surface area contributed by atoms with Gasteiger partial charge in [0.15, 0.2) is 0 Å². The number of benzene rings is 1. The molecule has 0 radical (unpaired) electrons. The van der Waals surface area contributed by atoms with Gasteiger partial charge in [0.05, 0.1) is 5.75 Å². The maximum absolute atomic E-state index is 12.7. The van der Waals surface area contributed by atoms with Crippen molar-refractivity contribution >= 4 is 15.9 Å². The monoisotopic (exact) mass is 435 g/mol. The topological polar surface area (TPSA) is 69.7 Å². The van der Waals surface area contributed by atoms with Gasteiger partial charge in [0.2, 0.25) is 15.9 Å². The summed E-state index contributed by atoms with van der Waals surface area (Å²) in [5.41, 5.74) is 1.88. The second-order valence-corrected chi connectivity index (χ2v) is 10.8. The van der Waals surface area contributed by atoms with Crippen LogP contribution in [-0.4, -0.2) is 62.8 Å². The van der Waals surface area contributed by atoms with Crippen molar-refractivity contribution in [1.29, 1.82) is 0 Å². The molecule has 2 fully saturated rings. The van der Waals surface area contributed by atoms with Gasteiger partial charge in [-0.2, -0.15) is 0 Å². The van der Waals surface area contributed by atoms with Crippen molar-refractivity contribution in [2.75, 3.05) is 39.3 Å². The lowest BCUT2D eigenvalue weighted by Crippen LogP contribution is -2.43. The maximum atomic E-state index is 12.7. The first-order valence-electron chi connectivity index (χ1n) is 11.5. The summed E-state index contributed by atoms with van der Waals surface area (Å²) in [7, 11) is -3.34. The molecule has 0 aliphatic carbocycles. The molecule has 1 aromatic rings. The van der Waals surface area contributed by atoms with E-state index in [9.17, 15) is 13.2 Å². The van der Waals surface area contributed by atoms with Crippen LogP contribution in [0.5, 0.6) is 0 Å². The Morgan fingerprint density at radius 2 is 1.77 bits per heavy atom. The number of carbonyl (C=O) groups excluding carboxylic acids is 1. The van der Waals surface area contributed by atoms with Crippen LogP contribution in [0, 0.1) is 12.8 Å². The average molecular weight is 436 g/mol. The number of hydrogen-bond acceptors (Lipinski definition) is 4. The number of rotatable bonds is 8. The Kier molecular flexibility index (Phi) is 8.72. The fraction of sp³-hybridized carbons (Fsp3) is 0.696.